The fourth-order valence-electron chi connectivity index (χ4n) is 3.35. The fraction of sp³-hybridized carbons (Fsp3) is 0.318. The van der Waals surface area contributed by atoms with E-state index in [1.807, 2.05) is 29.2 Å². The molecular formula is C22H23BrN2O4. The minimum Gasteiger partial charge on any atom is -0.427 e. The molecule has 0 aliphatic carbocycles. The van der Waals surface area contributed by atoms with Gasteiger partial charge in [-0.3, -0.25) is 14.4 Å². The molecule has 6 nitrogen and oxygen atoms in total. The highest BCUT2D eigenvalue weighted by Gasteiger charge is 2.24. The predicted molar refractivity (Wildman–Crippen MR) is 113 cm³/mol. The van der Waals surface area contributed by atoms with E-state index in [1.165, 1.54) is 6.92 Å². The number of carbonyl (C=O) groups is 3. The van der Waals surface area contributed by atoms with Crippen molar-refractivity contribution in [3.05, 3.63) is 64.1 Å². The average molecular weight is 459 g/mol. The Kier molecular flexibility index (Phi) is 7.04. The summed E-state index contributed by atoms with van der Waals surface area (Å²) in [7, 11) is 0. The zero-order chi connectivity index (χ0) is 20.8. The molecule has 29 heavy (non-hydrogen) atoms. The van der Waals surface area contributed by atoms with Gasteiger partial charge in [-0.15, -0.1) is 0 Å². The van der Waals surface area contributed by atoms with Gasteiger partial charge in [0.25, 0.3) is 11.8 Å². The third-order valence-corrected chi connectivity index (χ3v) is 5.38. The summed E-state index contributed by atoms with van der Waals surface area (Å²) in [6.45, 7) is 3.22. The zero-order valence-corrected chi connectivity index (χ0v) is 17.8. The Morgan fingerprint density at radius 1 is 1.07 bits per heavy atom. The number of amides is 2. The number of nitrogens with one attached hydrogen (secondary N) is 1. The first-order valence-corrected chi connectivity index (χ1v) is 10.3. The lowest BCUT2D eigenvalue weighted by Crippen LogP contribution is -2.41. The van der Waals surface area contributed by atoms with Crippen molar-refractivity contribution in [1.29, 1.82) is 0 Å². The van der Waals surface area contributed by atoms with E-state index in [1.54, 1.807) is 24.3 Å². The summed E-state index contributed by atoms with van der Waals surface area (Å²) in [5.74, 6) is 0.0844. The van der Waals surface area contributed by atoms with E-state index >= 15 is 0 Å². The second-order valence-corrected chi connectivity index (χ2v) is 7.99. The zero-order valence-electron chi connectivity index (χ0n) is 16.2. The molecule has 7 heteroatoms. The molecule has 0 spiro atoms. The topological polar surface area (TPSA) is 75.7 Å². The van der Waals surface area contributed by atoms with Crippen LogP contribution in [0, 0.1) is 5.92 Å². The van der Waals surface area contributed by atoms with Crippen LogP contribution in [0.4, 0.5) is 0 Å². The Hall–Kier alpha value is -2.67. The number of halogens is 1. The highest BCUT2D eigenvalue weighted by molar-refractivity contribution is 9.10. The molecule has 3 rings (SSSR count). The monoisotopic (exact) mass is 458 g/mol. The Morgan fingerprint density at radius 3 is 2.45 bits per heavy atom. The molecule has 1 N–H and O–H groups in total. The van der Waals surface area contributed by atoms with E-state index in [2.05, 4.69) is 21.2 Å². The first-order chi connectivity index (χ1) is 13.9. The molecule has 1 aliphatic heterocycles. The minimum absolute atomic E-state index is 0.0380. The molecule has 0 unspecified atom stereocenters. The van der Waals surface area contributed by atoms with Crippen LogP contribution in [0.5, 0.6) is 5.75 Å². The number of hydrogen-bond donors (Lipinski definition) is 1. The van der Waals surface area contributed by atoms with Crippen LogP contribution in [0.25, 0.3) is 0 Å². The van der Waals surface area contributed by atoms with Crippen LogP contribution in [-0.2, 0) is 4.79 Å². The highest BCUT2D eigenvalue weighted by Crippen LogP contribution is 2.20. The van der Waals surface area contributed by atoms with Crippen molar-refractivity contribution in [3.8, 4) is 5.75 Å². The van der Waals surface area contributed by atoms with Gasteiger partial charge in [-0.25, -0.2) is 0 Å². The Balaban J connectivity index is 1.48. The van der Waals surface area contributed by atoms with Gasteiger partial charge in [-0.05, 0) is 55.2 Å². The molecule has 0 atom stereocenters. The van der Waals surface area contributed by atoms with E-state index in [0.29, 0.717) is 42.4 Å². The van der Waals surface area contributed by atoms with Crippen molar-refractivity contribution >= 4 is 33.7 Å². The number of esters is 1. The number of likely N-dealkylation sites (tertiary alicyclic amines) is 1. The van der Waals surface area contributed by atoms with Gasteiger partial charge in [0.15, 0.2) is 0 Å². The summed E-state index contributed by atoms with van der Waals surface area (Å²) >= 11 is 3.40. The van der Waals surface area contributed by atoms with Crippen LogP contribution in [0.2, 0.25) is 0 Å². The molecular weight excluding hydrogens is 436 g/mol. The van der Waals surface area contributed by atoms with Crippen molar-refractivity contribution in [1.82, 2.24) is 10.2 Å². The lowest BCUT2D eigenvalue weighted by atomic mass is 9.96. The molecule has 0 saturated carbocycles. The number of rotatable bonds is 5. The number of ether oxygens (including phenoxy) is 1. The standard InChI is InChI=1S/C22H23BrN2O4/c1-15(26)29-20-7-3-4-17(13-20)21(27)24-14-16-8-10-25(11-9-16)22(28)18-5-2-6-19(23)12-18/h2-7,12-13,16H,8-11,14H2,1H3,(H,24,27). The maximum absolute atomic E-state index is 12.6. The molecule has 0 bridgehead atoms. The van der Waals surface area contributed by atoms with E-state index in [4.69, 9.17) is 4.74 Å². The van der Waals surface area contributed by atoms with Gasteiger partial charge in [0, 0.05) is 42.2 Å². The number of carbonyl (C=O) groups excluding carboxylic acids is 3. The summed E-state index contributed by atoms with van der Waals surface area (Å²) in [5.41, 5.74) is 1.13. The lowest BCUT2D eigenvalue weighted by Gasteiger charge is -2.32. The highest BCUT2D eigenvalue weighted by atomic mass is 79.9. The molecule has 2 amide bonds. The van der Waals surface area contributed by atoms with Crippen molar-refractivity contribution in [3.63, 3.8) is 0 Å². The van der Waals surface area contributed by atoms with Gasteiger partial charge in [0.05, 0.1) is 0 Å². The van der Waals surface area contributed by atoms with Crippen LogP contribution < -0.4 is 10.1 Å². The van der Waals surface area contributed by atoms with E-state index in [-0.39, 0.29) is 11.8 Å². The summed E-state index contributed by atoms with van der Waals surface area (Å²) in [6, 6.07) is 14.0. The van der Waals surface area contributed by atoms with Crippen LogP contribution in [0.1, 0.15) is 40.5 Å². The molecule has 1 aliphatic rings. The lowest BCUT2D eigenvalue weighted by molar-refractivity contribution is -0.131. The third-order valence-electron chi connectivity index (χ3n) is 4.88. The number of benzene rings is 2. The second-order valence-electron chi connectivity index (χ2n) is 7.08. The van der Waals surface area contributed by atoms with Crippen molar-refractivity contribution in [2.45, 2.75) is 19.8 Å². The molecule has 2 aromatic rings. The maximum atomic E-state index is 12.6. The quantitative estimate of drug-likeness (QED) is 0.547. The Labute approximate surface area is 178 Å². The van der Waals surface area contributed by atoms with Crippen molar-refractivity contribution in [2.24, 2.45) is 5.92 Å². The van der Waals surface area contributed by atoms with Gasteiger partial charge >= 0.3 is 5.97 Å². The maximum Gasteiger partial charge on any atom is 0.308 e. The summed E-state index contributed by atoms with van der Waals surface area (Å²) in [6.07, 6.45) is 1.68. The SMILES string of the molecule is CC(=O)Oc1cccc(C(=O)NCC2CCN(C(=O)c3cccc(Br)c3)CC2)c1. The van der Waals surface area contributed by atoms with Gasteiger partial charge in [0.1, 0.15) is 5.75 Å². The van der Waals surface area contributed by atoms with Gasteiger partial charge in [-0.2, -0.15) is 0 Å². The molecule has 152 valence electrons. The molecule has 1 fully saturated rings. The van der Waals surface area contributed by atoms with Crippen LogP contribution >= 0.6 is 15.9 Å². The predicted octanol–water partition coefficient (Wildman–Crippen LogP) is 3.66. The number of piperidine rings is 1. The first kappa shape index (κ1) is 21.0. The van der Waals surface area contributed by atoms with E-state index < -0.39 is 5.97 Å². The molecule has 0 radical (unpaired) electrons. The summed E-state index contributed by atoms with van der Waals surface area (Å²) < 4.78 is 5.91. The second kappa shape index (κ2) is 9.69. The average Bonchev–Trinajstić information content (AvgIpc) is 2.71. The minimum atomic E-state index is -0.424. The largest absolute Gasteiger partial charge is 0.427 e. The van der Waals surface area contributed by atoms with Gasteiger partial charge in [-0.1, -0.05) is 28.1 Å². The van der Waals surface area contributed by atoms with Crippen molar-refractivity contribution < 1.29 is 19.1 Å². The smallest absolute Gasteiger partial charge is 0.308 e. The van der Waals surface area contributed by atoms with Crippen molar-refractivity contribution in [2.75, 3.05) is 19.6 Å². The van der Waals surface area contributed by atoms with E-state index in [0.717, 1.165) is 17.3 Å². The van der Waals surface area contributed by atoms with Crippen LogP contribution in [0.15, 0.2) is 53.0 Å². The third kappa shape index (κ3) is 5.90. The normalized spacial score (nSPS) is 14.3. The molecule has 1 heterocycles. The van der Waals surface area contributed by atoms with Crippen LogP contribution in [0.3, 0.4) is 0 Å². The first-order valence-electron chi connectivity index (χ1n) is 9.54. The van der Waals surface area contributed by atoms with Gasteiger partial charge < -0.3 is 15.0 Å². The number of hydrogen-bond acceptors (Lipinski definition) is 4. The Morgan fingerprint density at radius 2 is 1.76 bits per heavy atom. The summed E-state index contributed by atoms with van der Waals surface area (Å²) in [4.78, 5) is 37.9. The molecule has 1 saturated heterocycles. The molecule has 0 aromatic heterocycles. The Bertz CT molecular complexity index is 907. The fourth-order valence-corrected chi connectivity index (χ4v) is 3.75. The van der Waals surface area contributed by atoms with E-state index in [9.17, 15) is 14.4 Å². The summed E-state index contributed by atoms with van der Waals surface area (Å²) in [5, 5.41) is 2.94. The van der Waals surface area contributed by atoms with Crippen LogP contribution in [-0.4, -0.2) is 42.3 Å². The number of nitrogens with zero attached hydrogens (tertiary/aromatic N) is 1. The molecule has 2 aromatic carbocycles. The van der Waals surface area contributed by atoms with Gasteiger partial charge in [0.2, 0.25) is 0 Å².